The van der Waals surface area contributed by atoms with Gasteiger partial charge in [0.15, 0.2) is 0 Å². The molecular weight excluding hydrogens is 456 g/mol. The topological polar surface area (TPSA) is 34.1 Å². The fourth-order valence-corrected chi connectivity index (χ4v) is 4.72. The minimum absolute atomic E-state index is 0.228. The van der Waals surface area contributed by atoms with Crippen molar-refractivity contribution in [2.45, 2.75) is 0 Å². The van der Waals surface area contributed by atoms with E-state index in [0.717, 1.165) is 26.9 Å². The lowest BCUT2D eigenvalue weighted by Crippen LogP contribution is -1.99. The Morgan fingerprint density at radius 2 is 1.00 bits per heavy atom. The van der Waals surface area contributed by atoms with Crippen molar-refractivity contribution in [1.29, 1.82) is 0 Å². The van der Waals surface area contributed by atoms with Gasteiger partial charge in [-0.1, -0.05) is 48.5 Å². The van der Waals surface area contributed by atoms with Crippen LogP contribution < -0.4 is 0 Å². The molecule has 0 aliphatic rings. The normalized spacial score (nSPS) is 11.8. The van der Waals surface area contributed by atoms with Crippen molar-refractivity contribution in [3.05, 3.63) is 71.8 Å². The third kappa shape index (κ3) is 2.03. The van der Waals surface area contributed by atoms with Crippen LogP contribution in [0.15, 0.2) is 60.7 Å². The SMILES string of the molecule is O=C(Br)c1ccc2c3cccc4cccc(c5ccc(C(=O)Br)c1c25)c43. The van der Waals surface area contributed by atoms with Crippen LogP contribution >= 0.6 is 31.9 Å². The van der Waals surface area contributed by atoms with Crippen molar-refractivity contribution < 1.29 is 9.59 Å². The van der Waals surface area contributed by atoms with E-state index < -0.39 is 0 Å². The van der Waals surface area contributed by atoms with Gasteiger partial charge in [0.25, 0.3) is 0 Å². The van der Waals surface area contributed by atoms with Crippen molar-refractivity contribution in [3.8, 4) is 0 Å². The van der Waals surface area contributed by atoms with E-state index in [4.69, 9.17) is 0 Å². The highest BCUT2D eigenvalue weighted by Gasteiger charge is 2.20. The Kier molecular flexibility index (Phi) is 3.43. The summed E-state index contributed by atoms with van der Waals surface area (Å²) in [6.45, 7) is 0. The van der Waals surface area contributed by atoms with Gasteiger partial charge in [-0.25, -0.2) is 0 Å². The molecule has 0 fully saturated rings. The van der Waals surface area contributed by atoms with E-state index in [0.29, 0.717) is 16.5 Å². The first-order chi connectivity index (χ1) is 12.6. The van der Waals surface area contributed by atoms with Gasteiger partial charge < -0.3 is 0 Å². The summed E-state index contributed by atoms with van der Waals surface area (Å²) < 4.78 is -0.457. The zero-order valence-corrected chi connectivity index (χ0v) is 16.5. The van der Waals surface area contributed by atoms with E-state index in [1.54, 1.807) is 12.1 Å². The summed E-state index contributed by atoms with van der Waals surface area (Å²) in [4.78, 5) is 24.4. The number of benzene rings is 5. The van der Waals surface area contributed by atoms with Gasteiger partial charge in [-0.05, 0) is 81.7 Å². The Morgan fingerprint density at radius 1 is 0.538 bits per heavy atom. The summed E-state index contributed by atoms with van der Waals surface area (Å²) in [6.07, 6.45) is 0. The first-order valence-corrected chi connectivity index (χ1v) is 9.68. The van der Waals surface area contributed by atoms with Crippen LogP contribution in [0, 0.1) is 0 Å². The number of hydrogen-bond donors (Lipinski definition) is 0. The highest BCUT2D eigenvalue weighted by molar-refractivity contribution is 9.18. The molecule has 26 heavy (non-hydrogen) atoms. The molecule has 0 aliphatic carbocycles. The van der Waals surface area contributed by atoms with E-state index in [1.807, 2.05) is 24.3 Å². The van der Waals surface area contributed by atoms with E-state index in [-0.39, 0.29) is 9.39 Å². The smallest absolute Gasteiger partial charge is 0.228 e. The van der Waals surface area contributed by atoms with Gasteiger partial charge in [0.2, 0.25) is 9.39 Å². The first-order valence-electron chi connectivity index (χ1n) is 8.10. The average Bonchev–Trinajstić information content (AvgIpc) is 2.64. The van der Waals surface area contributed by atoms with E-state index >= 15 is 0 Å². The van der Waals surface area contributed by atoms with Gasteiger partial charge in [-0.2, -0.15) is 0 Å². The Balaban J connectivity index is 2.20. The molecular formula is C22H10Br2O2. The maximum absolute atomic E-state index is 12.2. The van der Waals surface area contributed by atoms with Crippen molar-refractivity contribution in [2.24, 2.45) is 0 Å². The molecule has 0 aliphatic heterocycles. The molecule has 0 bridgehead atoms. The molecule has 5 rings (SSSR count). The lowest BCUT2D eigenvalue weighted by atomic mass is 9.87. The van der Waals surface area contributed by atoms with E-state index in [9.17, 15) is 9.59 Å². The van der Waals surface area contributed by atoms with Crippen molar-refractivity contribution in [1.82, 2.24) is 0 Å². The van der Waals surface area contributed by atoms with Gasteiger partial charge in [0.05, 0.1) is 0 Å². The predicted molar refractivity (Wildman–Crippen MR) is 114 cm³/mol. The number of fused-ring (bicyclic) bond motifs is 2. The van der Waals surface area contributed by atoms with E-state index in [2.05, 4.69) is 56.1 Å². The number of carbonyl (C=O) groups is 2. The third-order valence-electron chi connectivity index (χ3n) is 5.07. The minimum atomic E-state index is -0.228. The quantitative estimate of drug-likeness (QED) is 0.163. The van der Waals surface area contributed by atoms with Gasteiger partial charge in [-0.3, -0.25) is 9.59 Å². The standard InChI is InChI=1S/C22H10Br2O2/c23-21(25)16-9-7-14-12-5-1-3-11-4-2-6-13(18(11)12)15-8-10-17(22(24)26)20(16)19(14)15/h1-10H. The maximum atomic E-state index is 12.2. The number of hydrogen-bond acceptors (Lipinski definition) is 2. The second-order valence-electron chi connectivity index (χ2n) is 6.33. The number of halogens is 2. The second kappa shape index (κ2) is 5.60. The van der Waals surface area contributed by atoms with Gasteiger partial charge in [0.1, 0.15) is 0 Å². The number of rotatable bonds is 2. The van der Waals surface area contributed by atoms with Gasteiger partial charge in [-0.15, -0.1) is 0 Å². The van der Waals surface area contributed by atoms with Crippen LogP contribution in [0.25, 0.3) is 43.1 Å². The van der Waals surface area contributed by atoms with Crippen molar-refractivity contribution >= 4 is 84.3 Å². The second-order valence-corrected chi connectivity index (χ2v) is 7.77. The lowest BCUT2D eigenvalue weighted by Gasteiger charge is -2.17. The third-order valence-corrected chi connectivity index (χ3v) is 5.92. The molecule has 0 spiro atoms. The summed E-state index contributed by atoms with van der Waals surface area (Å²) >= 11 is 6.14. The Morgan fingerprint density at radius 3 is 1.46 bits per heavy atom. The largest absolute Gasteiger partial charge is 0.281 e. The molecule has 0 unspecified atom stereocenters. The molecule has 0 atom stereocenters. The maximum Gasteiger partial charge on any atom is 0.228 e. The summed E-state index contributed by atoms with van der Waals surface area (Å²) in [5.74, 6) is 0. The van der Waals surface area contributed by atoms with Crippen molar-refractivity contribution in [3.63, 3.8) is 0 Å². The molecule has 0 saturated carbocycles. The van der Waals surface area contributed by atoms with Crippen LogP contribution in [0.5, 0.6) is 0 Å². The highest BCUT2D eigenvalue weighted by atomic mass is 79.9. The molecule has 2 nitrogen and oxygen atoms in total. The first kappa shape index (κ1) is 15.9. The Labute approximate surface area is 165 Å². The average molecular weight is 466 g/mol. The highest BCUT2D eigenvalue weighted by Crippen LogP contribution is 2.42. The molecule has 0 radical (unpaired) electrons. The summed E-state index contributed by atoms with van der Waals surface area (Å²) in [5, 5.41) is 8.38. The molecule has 5 aromatic carbocycles. The Hall–Kier alpha value is -2.30. The number of carbonyl (C=O) groups excluding carboxylic acids is 2. The fraction of sp³-hybridized carbons (Fsp3) is 0. The Bertz CT molecular complexity index is 1290. The molecule has 0 saturated heterocycles. The van der Waals surface area contributed by atoms with Crippen molar-refractivity contribution in [2.75, 3.05) is 0 Å². The molecule has 0 aromatic heterocycles. The van der Waals surface area contributed by atoms with Crippen LogP contribution in [-0.2, 0) is 0 Å². The van der Waals surface area contributed by atoms with Gasteiger partial charge >= 0.3 is 0 Å². The van der Waals surface area contributed by atoms with Crippen LogP contribution in [0.2, 0.25) is 0 Å². The molecule has 0 heterocycles. The zero-order valence-electron chi connectivity index (χ0n) is 13.3. The molecule has 5 aromatic rings. The summed E-state index contributed by atoms with van der Waals surface area (Å²) in [6, 6.07) is 20.1. The van der Waals surface area contributed by atoms with Crippen LogP contribution in [-0.4, -0.2) is 9.39 Å². The van der Waals surface area contributed by atoms with Crippen LogP contribution in [0.4, 0.5) is 0 Å². The monoisotopic (exact) mass is 464 g/mol. The lowest BCUT2D eigenvalue weighted by molar-refractivity contribution is 0.109. The minimum Gasteiger partial charge on any atom is -0.281 e. The fourth-order valence-electron chi connectivity index (χ4n) is 4.06. The van der Waals surface area contributed by atoms with E-state index in [1.165, 1.54) is 10.8 Å². The zero-order chi connectivity index (χ0) is 18.0. The molecule has 4 heteroatoms. The van der Waals surface area contributed by atoms with Gasteiger partial charge in [0, 0.05) is 16.5 Å². The van der Waals surface area contributed by atoms with Crippen LogP contribution in [0.3, 0.4) is 0 Å². The molecule has 0 amide bonds. The summed E-state index contributed by atoms with van der Waals surface area (Å²) in [5.41, 5.74) is 1.000. The van der Waals surface area contributed by atoms with Crippen LogP contribution in [0.1, 0.15) is 20.7 Å². The molecule has 0 N–H and O–H groups in total. The summed E-state index contributed by atoms with van der Waals surface area (Å²) in [7, 11) is 0. The molecule has 124 valence electrons. The predicted octanol–water partition coefficient (Wildman–Crippen LogP) is 6.81.